The highest BCUT2D eigenvalue weighted by Gasteiger charge is 2.27. The standard InChI is InChI=1S/C13H26N2O/c1-2-14-8-5-13(6-9-14)15-7-3-4-12(10-15)11-16/h12-13,16H,2-11H2,1H3. The van der Waals surface area contributed by atoms with Gasteiger partial charge in [-0.2, -0.15) is 0 Å². The van der Waals surface area contributed by atoms with E-state index in [1.54, 1.807) is 0 Å². The predicted molar refractivity (Wildman–Crippen MR) is 66.5 cm³/mol. The topological polar surface area (TPSA) is 26.7 Å². The lowest BCUT2D eigenvalue weighted by Crippen LogP contribution is -2.48. The fraction of sp³-hybridized carbons (Fsp3) is 1.00. The molecule has 2 rings (SSSR count). The molecule has 0 aromatic heterocycles. The van der Waals surface area contributed by atoms with Crippen LogP contribution in [0.2, 0.25) is 0 Å². The van der Waals surface area contributed by atoms with E-state index in [1.165, 1.54) is 51.9 Å². The Morgan fingerprint density at radius 2 is 1.88 bits per heavy atom. The molecule has 0 spiro atoms. The predicted octanol–water partition coefficient (Wildman–Crippen LogP) is 1.17. The molecule has 0 aliphatic carbocycles. The molecular weight excluding hydrogens is 200 g/mol. The highest BCUT2D eigenvalue weighted by atomic mass is 16.3. The number of nitrogens with zero attached hydrogens (tertiary/aromatic N) is 2. The molecule has 2 fully saturated rings. The van der Waals surface area contributed by atoms with Crippen molar-refractivity contribution in [3.63, 3.8) is 0 Å². The molecule has 2 saturated heterocycles. The van der Waals surface area contributed by atoms with Crippen LogP contribution < -0.4 is 0 Å². The Kier molecular flexibility index (Phi) is 4.62. The summed E-state index contributed by atoms with van der Waals surface area (Å²) in [5.41, 5.74) is 0. The molecule has 2 aliphatic heterocycles. The Hall–Kier alpha value is -0.120. The fourth-order valence-corrected chi connectivity index (χ4v) is 3.18. The highest BCUT2D eigenvalue weighted by Crippen LogP contribution is 2.23. The first-order valence-corrected chi connectivity index (χ1v) is 6.90. The normalized spacial score (nSPS) is 30.8. The second kappa shape index (κ2) is 5.99. The zero-order valence-corrected chi connectivity index (χ0v) is 10.6. The van der Waals surface area contributed by atoms with Gasteiger partial charge in [-0.3, -0.25) is 4.90 Å². The largest absolute Gasteiger partial charge is 0.396 e. The average Bonchev–Trinajstić information content (AvgIpc) is 2.39. The van der Waals surface area contributed by atoms with Gasteiger partial charge in [0.1, 0.15) is 0 Å². The Morgan fingerprint density at radius 3 is 2.50 bits per heavy atom. The Labute approximate surface area is 99.4 Å². The number of piperidine rings is 2. The minimum atomic E-state index is 0.379. The number of rotatable bonds is 3. The zero-order valence-electron chi connectivity index (χ0n) is 10.6. The van der Waals surface area contributed by atoms with Crippen molar-refractivity contribution in [3.05, 3.63) is 0 Å². The molecule has 0 aromatic rings. The molecule has 3 heteroatoms. The molecule has 2 heterocycles. The van der Waals surface area contributed by atoms with E-state index in [0.29, 0.717) is 12.5 Å². The molecule has 0 aromatic carbocycles. The maximum absolute atomic E-state index is 9.25. The number of hydrogen-bond acceptors (Lipinski definition) is 3. The van der Waals surface area contributed by atoms with Crippen molar-refractivity contribution in [2.24, 2.45) is 5.92 Å². The number of likely N-dealkylation sites (tertiary alicyclic amines) is 2. The lowest BCUT2D eigenvalue weighted by Gasteiger charge is -2.41. The van der Waals surface area contributed by atoms with Crippen LogP contribution in [0.5, 0.6) is 0 Å². The third-order valence-electron chi connectivity index (χ3n) is 4.33. The van der Waals surface area contributed by atoms with Crippen LogP contribution in [0.25, 0.3) is 0 Å². The molecular formula is C13H26N2O. The van der Waals surface area contributed by atoms with Gasteiger partial charge in [-0.1, -0.05) is 6.92 Å². The van der Waals surface area contributed by atoms with Gasteiger partial charge in [-0.15, -0.1) is 0 Å². The summed E-state index contributed by atoms with van der Waals surface area (Å²) in [5.74, 6) is 0.540. The first kappa shape index (κ1) is 12.3. The molecule has 0 amide bonds. The van der Waals surface area contributed by atoms with Gasteiger partial charge in [0.25, 0.3) is 0 Å². The summed E-state index contributed by atoms with van der Waals surface area (Å²) in [7, 11) is 0. The molecule has 0 bridgehead atoms. The van der Waals surface area contributed by atoms with Crippen LogP contribution in [0.1, 0.15) is 32.6 Å². The van der Waals surface area contributed by atoms with Gasteiger partial charge in [-0.25, -0.2) is 0 Å². The smallest absolute Gasteiger partial charge is 0.0471 e. The summed E-state index contributed by atoms with van der Waals surface area (Å²) in [5, 5.41) is 9.25. The van der Waals surface area contributed by atoms with Crippen molar-refractivity contribution in [1.29, 1.82) is 0 Å². The fourth-order valence-electron chi connectivity index (χ4n) is 3.18. The number of aliphatic hydroxyl groups is 1. The van der Waals surface area contributed by atoms with Crippen LogP contribution in [0.4, 0.5) is 0 Å². The number of hydrogen-bond donors (Lipinski definition) is 1. The van der Waals surface area contributed by atoms with Gasteiger partial charge in [-0.05, 0) is 57.8 Å². The lowest BCUT2D eigenvalue weighted by molar-refractivity contribution is 0.0554. The molecule has 3 nitrogen and oxygen atoms in total. The maximum Gasteiger partial charge on any atom is 0.0471 e. The van der Waals surface area contributed by atoms with E-state index in [-0.39, 0.29) is 0 Å². The molecule has 1 unspecified atom stereocenters. The second-order valence-electron chi connectivity index (χ2n) is 5.35. The zero-order chi connectivity index (χ0) is 11.4. The second-order valence-corrected chi connectivity index (χ2v) is 5.35. The third-order valence-corrected chi connectivity index (χ3v) is 4.33. The van der Waals surface area contributed by atoms with E-state index >= 15 is 0 Å². The maximum atomic E-state index is 9.25. The molecule has 1 atom stereocenters. The van der Waals surface area contributed by atoms with E-state index in [9.17, 15) is 5.11 Å². The first-order valence-electron chi connectivity index (χ1n) is 6.90. The van der Waals surface area contributed by atoms with Crippen molar-refractivity contribution >= 4 is 0 Å². The first-order chi connectivity index (χ1) is 7.83. The van der Waals surface area contributed by atoms with Gasteiger partial charge in [0.15, 0.2) is 0 Å². The Morgan fingerprint density at radius 1 is 1.12 bits per heavy atom. The van der Waals surface area contributed by atoms with Crippen molar-refractivity contribution in [2.45, 2.75) is 38.6 Å². The van der Waals surface area contributed by atoms with Crippen LogP contribution in [0.3, 0.4) is 0 Å². The Bertz CT molecular complexity index is 202. The number of aliphatic hydroxyl groups excluding tert-OH is 1. The third kappa shape index (κ3) is 2.96. The minimum absolute atomic E-state index is 0.379. The van der Waals surface area contributed by atoms with E-state index in [4.69, 9.17) is 0 Å². The van der Waals surface area contributed by atoms with Gasteiger partial charge >= 0.3 is 0 Å². The molecule has 0 saturated carbocycles. The van der Waals surface area contributed by atoms with Gasteiger partial charge in [0.05, 0.1) is 0 Å². The SMILES string of the molecule is CCN1CCC(N2CCCC(CO)C2)CC1. The summed E-state index contributed by atoms with van der Waals surface area (Å²) in [4.78, 5) is 5.18. The summed E-state index contributed by atoms with van der Waals surface area (Å²) >= 11 is 0. The van der Waals surface area contributed by atoms with Crippen molar-refractivity contribution in [2.75, 3.05) is 39.3 Å². The van der Waals surface area contributed by atoms with E-state index < -0.39 is 0 Å². The molecule has 1 N–H and O–H groups in total. The van der Waals surface area contributed by atoms with E-state index in [0.717, 1.165) is 12.6 Å². The summed E-state index contributed by atoms with van der Waals surface area (Å²) in [6, 6.07) is 0.789. The quantitative estimate of drug-likeness (QED) is 0.783. The monoisotopic (exact) mass is 226 g/mol. The van der Waals surface area contributed by atoms with Crippen LogP contribution in [0.15, 0.2) is 0 Å². The van der Waals surface area contributed by atoms with E-state index in [1.807, 2.05) is 0 Å². The van der Waals surface area contributed by atoms with Crippen molar-refractivity contribution < 1.29 is 5.11 Å². The molecule has 2 aliphatic rings. The highest BCUT2D eigenvalue weighted by molar-refractivity contribution is 4.83. The summed E-state index contributed by atoms with van der Waals surface area (Å²) < 4.78 is 0. The van der Waals surface area contributed by atoms with Gasteiger partial charge < -0.3 is 10.0 Å². The summed E-state index contributed by atoms with van der Waals surface area (Å²) in [6.07, 6.45) is 5.15. The lowest BCUT2D eigenvalue weighted by atomic mass is 9.94. The van der Waals surface area contributed by atoms with Crippen LogP contribution in [-0.2, 0) is 0 Å². The van der Waals surface area contributed by atoms with E-state index in [2.05, 4.69) is 16.7 Å². The van der Waals surface area contributed by atoms with Gasteiger partial charge in [0.2, 0.25) is 0 Å². The average molecular weight is 226 g/mol. The van der Waals surface area contributed by atoms with Gasteiger partial charge in [0, 0.05) is 19.2 Å². The molecule has 16 heavy (non-hydrogen) atoms. The van der Waals surface area contributed by atoms with Crippen LogP contribution in [-0.4, -0.2) is 60.3 Å². The molecule has 94 valence electrons. The van der Waals surface area contributed by atoms with Crippen molar-refractivity contribution in [1.82, 2.24) is 9.80 Å². The minimum Gasteiger partial charge on any atom is -0.396 e. The van der Waals surface area contributed by atoms with Crippen LogP contribution >= 0.6 is 0 Å². The van der Waals surface area contributed by atoms with Crippen molar-refractivity contribution in [3.8, 4) is 0 Å². The summed E-state index contributed by atoms with van der Waals surface area (Å²) in [6.45, 7) is 8.75. The van der Waals surface area contributed by atoms with Crippen LogP contribution in [0, 0.1) is 5.92 Å². The molecule has 0 radical (unpaired) electrons. The Balaban J connectivity index is 1.79.